The van der Waals surface area contributed by atoms with Crippen molar-refractivity contribution in [2.45, 2.75) is 0 Å². The van der Waals surface area contributed by atoms with Crippen molar-refractivity contribution >= 4 is 40.7 Å². The van der Waals surface area contributed by atoms with Gasteiger partial charge in [-0.1, -0.05) is 0 Å². The van der Waals surface area contributed by atoms with Crippen LogP contribution < -0.4 is 10.5 Å². The Kier molecular flexibility index (Phi) is 4.60. The molecule has 62 valence electrons. The van der Waals surface area contributed by atoms with E-state index in [0.29, 0.717) is 0 Å². The quantitative estimate of drug-likeness (QED) is 0.635. The maximum absolute atomic E-state index is 5.61. The molecule has 1 rings (SSSR count). The number of anilines is 1. The zero-order valence-corrected chi connectivity index (χ0v) is 8.98. The first-order valence-electron chi connectivity index (χ1n) is 2.83. The molecule has 11 heavy (non-hydrogen) atoms. The lowest BCUT2D eigenvalue weighted by atomic mass is 10.3. The predicted octanol–water partition coefficient (Wildman–Crippen LogP) is 2.30. The van der Waals surface area contributed by atoms with Crippen LogP contribution in [0.15, 0.2) is 18.2 Å². The average Bonchev–Trinajstić information content (AvgIpc) is 1.95. The molecular formula is C7H9ClINO. The third-order valence-corrected chi connectivity index (χ3v) is 2.19. The van der Waals surface area contributed by atoms with Crippen molar-refractivity contribution in [3.05, 3.63) is 21.8 Å². The number of hydrogen-bond donors (Lipinski definition) is 1. The van der Waals surface area contributed by atoms with Crippen LogP contribution in [0.4, 0.5) is 5.69 Å². The molecule has 0 heterocycles. The van der Waals surface area contributed by atoms with E-state index in [-0.39, 0.29) is 12.4 Å². The first kappa shape index (κ1) is 10.8. The minimum absolute atomic E-state index is 0. The van der Waals surface area contributed by atoms with Crippen LogP contribution in [0.25, 0.3) is 0 Å². The van der Waals surface area contributed by atoms with Crippen molar-refractivity contribution in [1.29, 1.82) is 0 Å². The number of hydrogen-bond acceptors (Lipinski definition) is 2. The lowest BCUT2D eigenvalue weighted by Gasteiger charge is -2.01. The van der Waals surface area contributed by atoms with Gasteiger partial charge < -0.3 is 10.5 Å². The van der Waals surface area contributed by atoms with Gasteiger partial charge in [-0.3, -0.25) is 0 Å². The second kappa shape index (κ2) is 4.66. The standard InChI is InChI=1S/C7H8INO.ClH/c1-10-5-2-3-6(8)7(9)4-5;/h2-4H,9H2,1H3;1H. The van der Waals surface area contributed by atoms with Crippen LogP contribution in [0.2, 0.25) is 0 Å². The van der Waals surface area contributed by atoms with E-state index >= 15 is 0 Å². The van der Waals surface area contributed by atoms with Gasteiger partial charge in [-0.15, -0.1) is 12.4 Å². The highest BCUT2D eigenvalue weighted by molar-refractivity contribution is 14.1. The fourth-order valence-corrected chi connectivity index (χ4v) is 0.984. The monoisotopic (exact) mass is 285 g/mol. The molecule has 0 unspecified atom stereocenters. The Morgan fingerprint density at radius 2 is 2.09 bits per heavy atom. The Morgan fingerprint density at radius 1 is 1.45 bits per heavy atom. The first-order valence-corrected chi connectivity index (χ1v) is 3.91. The summed E-state index contributed by atoms with van der Waals surface area (Å²) in [6, 6.07) is 5.62. The molecule has 4 heteroatoms. The minimum Gasteiger partial charge on any atom is -0.497 e. The molecule has 0 spiro atoms. The maximum Gasteiger partial charge on any atom is 0.120 e. The molecule has 2 nitrogen and oxygen atoms in total. The Labute approximate surface area is 85.7 Å². The number of rotatable bonds is 1. The van der Waals surface area contributed by atoms with E-state index in [4.69, 9.17) is 10.5 Å². The van der Waals surface area contributed by atoms with Crippen molar-refractivity contribution in [1.82, 2.24) is 0 Å². The molecule has 0 radical (unpaired) electrons. The van der Waals surface area contributed by atoms with Gasteiger partial charge in [0.25, 0.3) is 0 Å². The molecule has 2 N–H and O–H groups in total. The van der Waals surface area contributed by atoms with Crippen molar-refractivity contribution in [3.8, 4) is 5.75 Å². The second-order valence-electron chi connectivity index (χ2n) is 1.89. The average molecular weight is 286 g/mol. The highest BCUT2D eigenvalue weighted by atomic mass is 127. The van der Waals surface area contributed by atoms with Gasteiger partial charge >= 0.3 is 0 Å². The van der Waals surface area contributed by atoms with Gasteiger partial charge in [-0.05, 0) is 34.7 Å². The molecule has 1 aromatic carbocycles. The molecule has 0 saturated carbocycles. The summed E-state index contributed by atoms with van der Waals surface area (Å²) in [5.41, 5.74) is 6.37. The number of nitrogens with two attached hydrogens (primary N) is 1. The topological polar surface area (TPSA) is 35.2 Å². The number of methoxy groups -OCH3 is 1. The summed E-state index contributed by atoms with van der Waals surface area (Å²) in [7, 11) is 1.63. The minimum atomic E-state index is 0. The van der Waals surface area contributed by atoms with Gasteiger partial charge in [0.15, 0.2) is 0 Å². The third kappa shape index (κ3) is 2.75. The number of nitrogen functional groups attached to an aromatic ring is 1. The SMILES string of the molecule is COc1ccc(I)c(N)c1.Cl. The Bertz CT molecular complexity index is 242. The van der Waals surface area contributed by atoms with Crippen molar-refractivity contribution in [2.24, 2.45) is 0 Å². The molecule has 0 aromatic heterocycles. The smallest absolute Gasteiger partial charge is 0.120 e. The van der Waals surface area contributed by atoms with Gasteiger partial charge in [-0.25, -0.2) is 0 Å². The number of ether oxygens (including phenoxy) is 1. The predicted molar refractivity (Wildman–Crippen MR) is 57.4 cm³/mol. The highest BCUT2D eigenvalue weighted by Crippen LogP contribution is 2.20. The van der Waals surface area contributed by atoms with E-state index in [2.05, 4.69) is 22.6 Å². The summed E-state index contributed by atoms with van der Waals surface area (Å²) in [6.07, 6.45) is 0. The molecule has 0 aliphatic rings. The summed E-state index contributed by atoms with van der Waals surface area (Å²) >= 11 is 2.18. The van der Waals surface area contributed by atoms with Gasteiger partial charge in [0.2, 0.25) is 0 Å². The second-order valence-corrected chi connectivity index (χ2v) is 3.05. The normalized spacial score (nSPS) is 8.55. The van der Waals surface area contributed by atoms with Crippen molar-refractivity contribution in [3.63, 3.8) is 0 Å². The molecule has 0 amide bonds. The van der Waals surface area contributed by atoms with Gasteiger partial charge in [0, 0.05) is 15.3 Å². The van der Waals surface area contributed by atoms with Gasteiger partial charge in [0.1, 0.15) is 5.75 Å². The van der Waals surface area contributed by atoms with E-state index < -0.39 is 0 Å². The zero-order valence-electron chi connectivity index (χ0n) is 6.00. The fraction of sp³-hybridized carbons (Fsp3) is 0.143. The summed E-state index contributed by atoms with van der Waals surface area (Å²) in [4.78, 5) is 0. The van der Waals surface area contributed by atoms with E-state index in [1.807, 2.05) is 18.2 Å². The third-order valence-electron chi connectivity index (χ3n) is 1.20. The Hall–Kier alpha value is -0.160. The number of halogens is 2. The van der Waals surface area contributed by atoms with E-state index in [1.165, 1.54) is 0 Å². The Morgan fingerprint density at radius 3 is 2.55 bits per heavy atom. The van der Waals surface area contributed by atoms with E-state index in [1.54, 1.807) is 7.11 Å². The van der Waals surface area contributed by atoms with Crippen LogP contribution in [0.3, 0.4) is 0 Å². The number of benzene rings is 1. The zero-order chi connectivity index (χ0) is 7.56. The van der Waals surface area contributed by atoms with Gasteiger partial charge in [0.05, 0.1) is 7.11 Å². The summed E-state index contributed by atoms with van der Waals surface area (Å²) in [6.45, 7) is 0. The van der Waals surface area contributed by atoms with Crippen molar-refractivity contribution in [2.75, 3.05) is 12.8 Å². The fourth-order valence-electron chi connectivity index (χ4n) is 0.649. The molecule has 0 fully saturated rings. The first-order chi connectivity index (χ1) is 4.74. The Balaban J connectivity index is 0.000001000. The van der Waals surface area contributed by atoms with Gasteiger partial charge in [-0.2, -0.15) is 0 Å². The van der Waals surface area contributed by atoms with Crippen LogP contribution in [0, 0.1) is 3.57 Å². The van der Waals surface area contributed by atoms with Crippen LogP contribution in [-0.2, 0) is 0 Å². The van der Waals surface area contributed by atoms with Crippen molar-refractivity contribution < 1.29 is 4.74 Å². The largest absolute Gasteiger partial charge is 0.497 e. The lowest BCUT2D eigenvalue weighted by molar-refractivity contribution is 0.415. The molecular weight excluding hydrogens is 276 g/mol. The van der Waals surface area contributed by atoms with Crippen LogP contribution in [0.5, 0.6) is 5.75 Å². The molecule has 0 saturated heterocycles. The molecule has 0 atom stereocenters. The lowest BCUT2D eigenvalue weighted by Crippen LogP contribution is -1.90. The summed E-state index contributed by atoms with van der Waals surface area (Å²) in [5, 5.41) is 0. The van der Waals surface area contributed by atoms with Crippen LogP contribution >= 0.6 is 35.0 Å². The summed E-state index contributed by atoms with van der Waals surface area (Å²) in [5.74, 6) is 0.804. The van der Waals surface area contributed by atoms with Crippen LogP contribution in [0.1, 0.15) is 0 Å². The maximum atomic E-state index is 5.61. The highest BCUT2D eigenvalue weighted by Gasteiger charge is 1.95. The summed E-state index contributed by atoms with van der Waals surface area (Å²) < 4.78 is 6.02. The van der Waals surface area contributed by atoms with E-state index in [9.17, 15) is 0 Å². The van der Waals surface area contributed by atoms with E-state index in [0.717, 1.165) is 15.0 Å². The molecule has 0 aliphatic carbocycles. The van der Waals surface area contributed by atoms with Crippen LogP contribution in [-0.4, -0.2) is 7.11 Å². The molecule has 0 bridgehead atoms. The molecule has 1 aromatic rings. The molecule has 0 aliphatic heterocycles.